The number of hydrogen-bond donors (Lipinski definition) is 0. The van der Waals surface area contributed by atoms with Gasteiger partial charge in [-0.2, -0.15) is 0 Å². The minimum atomic E-state index is -1.35. The molecule has 0 N–H and O–H groups in total. The quantitative estimate of drug-likeness (QED) is 0.0831. The largest absolute Gasteiger partial charge is 0.351 e. The number of benzene rings is 3. The molecule has 0 amide bonds. The Balaban J connectivity index is 2.64. The molecule has 0 heterocycles. The average molecular weight is 729 g/mol. The lowest BCUT2D eigenvalue weighted by Crippen LogP contribution is -2.50. The van der Waals surface area contributed by atoms with Gasteiger partial charge in [0.05, 0.1) is 5.54 Å². The maximum atomic E-state index is 5.62. The number of amidine groups is 1. The third kappa shape index (κ3) is 10.8. The molecular weight excluding hydrogens is 659 g/mol. The molecule has 274 valence electrons. The minimum Gasteiger partial charge on any atom is -0.351 e. The van der Waals surface area contributed by atoms with E-state index in [2.05, 4.69) is 184 Å². The van der Waals surface area contributed by atoms with Gasteiger partial charge in [0.15, 0.2) is 7.88 Å². The zero-order valence-corrected chi connectivity index (χ0v) is 37.9. The second kappa shape index (κ2) is 17.3. The van der Waals surface area contributed by atoms with Gasteiger partial charge in [-0.3, -0.25) is 4.99 Å². The molecule has 50 heavy (non-hydrogen) atoms. The van der Waals surface area contributed by atoms with Crippen molar-refractivity contribution in [1.29, 1.82) is 0 Å². The van der Waals surface area contributed by atoms with Crippen molar-refractivity contribution in [1.82, 2.24) is 4.57 Å². The molecule has 0 bridgehead atoms. The summed E-state index contributed by atoms with van der Waals surface area (Å²) in [7, 11) is 0.790. The summed E-state index contributed by atoms with van der Waals surface area (Å²) >= 11 is 0. The Hall–Kier alpha value is -1.92. The molecular formula is C45H70N2P2Si. The SMILES string of the molecule is CC(C)c1cc(C(C)C)c(P=[Si](Pc2c(C(C)C)cc(C(C)C)cc2C(C)C)N(C(=NC(C)(C)C)c2ccccc2)C(C)(C)C)c(C(C)C)c1. The van der Waals surface area contributed by atoms with Gasteiger partial charge in [-0.25, -0.2) is 0 Å². The molecule has 3 aromatic carbocycles. The van der Waals surface area contributed by atoms with E-state index in [1.807, 2.05) is 0 Å². The van der Waals surface area contributed by atoms with Gasteiger partial charge in [-0.15, -0.1) is 0 Å². The van der Waals surface area contributed by atoms with Gasteiger partial charge in [-0.1, -0.05) is 154 Å². The fourth-order valence-corrected chi connectivity index (χ4v) is 18.8. The molecule has 0 saturated heterocycles. The molecule has 5 heteroatoms. The van der Waals surface area contributed by atoms with Crippen molar-refractivity contribution in [3.63, 3.8) is 0 Å². The average Bonchev–Trinajstić information content (AvgIpc) is 2.99. The monoisotopic (exact) mass is 728 g/mol. The van der Waals surface area contributed by atoms with Crippen LogP contribution in [0.3, 0.4) is 0 Å². The van der Waals surface area contributed by atoms with Crippen LogP contribution >= 0.6 is 15.8 Å². The van der Waals surface area contributed by atoms with Crippen molar-refractivity contribution < 1.29 is 0 Å². The summed E-state index contributed by atoms with van der Waals surface area (Å²) in [5, 5.41) is 3.17. The van der Waals surface area contributed by atoms with Crippen LogP contribution in [0.2, 0.25) is 0 Å². The van der Waals surface area contributed by atoms with E-state index >= 15 is 0 Å². The Morgan fingerprint density at radius 3 is 1.34 bits per heavy atom. The van der Waals surface area contributed by atoms with Crippen molar-refractivity contribution in [2.45, 2.75) is 171 Å². The molecule has 0 aliphatic rings. The Labute approximate surface area is 313 Å². The Morgan fingerprint density at radius 2 is 1.00 bits per heavy atom. The molecule has 0 spiro atoms. The van der Waals surface area contributed by atoms with Gasteiger partial charge < -0.3 is 4.57 Å². The number of nitrogens with zero attached hydrogens (tertiary/aromatic N) is 2. The normalized spacial score (nSPS) is 13.8. The summed E-state index contributed by atoms with van der Waals surface area (Å²) in [6.07, 6.45) is 0. The van der Waals surface area contributed by atoms with E-state index in [0.29, 0.717) is 43.6 Å². The first-order chi connectivity index (χ1) is 23.0. The topological polar surface area (TPSA) is 15.6 Å². The highest BCUT2D eigenvalue weighted by atomic mass is 31.5. The van der Waals surface area contributed by atoms with Crippen LogP contribution in [0, 0.1) is 0 Å². The van der Waals surface area contributed by atoms with Crippen molar-refractivity contribution in [3.8, 4) is 0 Å². The summed E-state index contributed by atoms with van der Waals surface area (Å²) in [5.74, 6) is 3.95. The van der Waals surface area contributed by atoms with Crippen LogP contribution < -0.4 is 10.6 Å². The second-order valence-electron chi connectivity index (χ2n) is 18.1. The molecule has 0 fully saturated rings. The van der Waals surface area contributed by atoms with E-state index in [1.54, 1.807) is 21.7 Å². The fraction of sp³-hybridized carbons (Fsp3) is 0.578. The first kappa shape index (κ1) is 42.5. The standard InChI is InChI=1S/C45H70N2P2Si/c1-28(2)35-24-37(30(5)6)41(38(25-35)31(7)8)48-50(49-42-39(32(9)10)26-36(29(3)4)27-40(42)33(11)12)47(45(16,17)18)43(46-44(13,14)15)34-22-20-19-21-23-34/h19-33,48H,1-18H3. The molecule has 2 nitrogen and oxygen atoms in total. The summed E-state index contributed by atoms with van der Waals surface area (Å²) < 4.78 is 2.83. The van der Waals surface area contributed by atoms with Gasteiger partial charge in [0.2, 0.25) is 0 Å². The first-order valence-corrected chi connectivity index (χ1v) is 24.4. The van der Waals surface area contributed by atoms with Crippen LogP contribution in [0.25, 0.3) is 0 Å². The predicted molar refractivity (Wildman–Crippen MR) is 232 cm³/mol. The predicted octanol–water partition coefficient (Wildman–Crippen LogP) is 13.3. The Morgan fingerprint density at radius 1 is 0.600 bits per heavy atom. The molecule has 1 atom stereocenters. The highest BCUT2D eigenvalue weighted by Gasteiger charge is 2.33. The van der Waals surface area contributed by atoms with E-state index < -0.39 is 7.88 Å². The molecule has 1 unspecified atom stereocenters. The summed E-state index contributed by atoms with van der Waals surface area (Å²) in [5.41, 5.74) is 9.93. The van der Waals surface area contributed by atoms with E-state index in [0.717, 1.165) is 5.84 Å². The fourth-order valence-electron chi connectivity index (χ4n) is 6.38. The van der Waals surface area contributed by atoms with Gasteiger partial charge in [0.1, 0.15) is 5.84 Å². The third-order valence-electron chi connectivity index (χ3n) is 9.26. The van der Waals surface area contributed by atoms with Crippen LogP contribution in [0.5, 0.6) is 0 Å². The van der Waals surface area contributed by atoms with Gasteiger partial charge >= 0.3 is 0 Å². The van der Waals surface area contributed by atoms with E-state index in [9.17, 15) is 0 Å². The number of aliphatic imine (C=N–C) groups is 1. The molecule has 0 aliphatic carbocycles. The third-order valence-corrected chi connectivity index (χ3v) is 18.6. The van der Waals surface area contributed by atoms with Crippen LogP contribution in [0.4, 0.5) is 0 Å². The van der Waals surface area contributed by atoms with E-state index in [4.69, 9.17) is 4.99 Å². The van der Waals surface area contributed by atoms with Gasteiger partial charge in [-0.05, 0) is 116 Å². The Kier molecular flexibility index (Phi) is 14.7. The zero-order chi connectivity index (χ0) is 37.9. The molecule has 0 aliphatic heterocycles. The summed E-state index contributed by atoms with van der Waals surface area (Å²) in [6, 6.07) is 21.2. The highest BCUT2D eigenvalue weighted by molar-refractivity contribution is 7.95. The number of rotatable bonds is 11. The lowest BCUT2D eigenvalue weighted by Gasteiger charge is -2.41. The Bertz CT molecular complexity index is 1590. The highest BCUT2D eigenvalue weighted by Crippen LogP contribution is 2.38. The second-order valence-corrected chi connectivity index (χ2v) is 26.0. The molecule has 0 aromatic heterocycles. The van der Waals surface area contributed by atoms with Crippen LogP contribution in [-0.4, -0.2) is 29.4 Å². The van der Waals surface area contributed by atoms with Gasteiger partial charge in [0.25, 0.3) is 0 Å². The van der Waals surface area contributed by atoms with Crippen molar-refractivity contribution >= 4 is 40.2 Å². The van der Waals surface area contributed by atoms with Crippen LogP contribution in [0.15, 0.2) is 59.6 Å². The van der Waals surface area contributed by atoms with Crippen LogP contribution in [0.1, 0.15) is 199 Å². The van der Waals surface area contributed by atoms with E-state index in [1.165, 1.54) is 35.5 Å². The molecule has 0 radical (unpaired) electrons. The summed E-state index contributed by atoms with van der Waals surface area (Å²) in [6.45, 7) is 42.6. The van der Waals surface area contributed by atoms with Crippen molar-refractivity contribution in [2.24, 2.45) is 4.99 Å². The lowest BCUT2D eigenvalue weighted by atomic mass is 9.89. The van der Waals surface area contributed by atoms with E-state index in [-0.39, 0.29) is 11.1 Å². The van der Waals surface area contributed by atoms with Crippen molar-refractivity contribution in [3.05, 3.63) is 93.5 Å². The molecule has 3 aromatic rings. The van der Waals surface area contributed by atoms with Crippen LogP contribution in [-0.2, 0) is 0 Å². The zero-order valence-electron chi connectivity index (χ0n) is 35.0. The smallest absolute Gasteiger partial charge is 0.197 e. The lowest BCUT2D eigenvalue weighted by molar-refractivity contribution is 0.359. The van der Waals surface area contributed by atoms with Gasteiger partial charge in [0, 0.05) is 16.4 Å². The first-order valence-electron chi connectivity index (χ1n) is 19.2. The maximum Gasteiger partial charge on any atom is 0.197 e. The molecule has 3 rings (SSSR count). The minimum absolute atomic E-state index is 0.143. The molecule has 0 saturated carbocycles. The summed E-state index contributed by atoms with van der Waals surface area (Å²) in [4.78, 5) is 5.62. The maximum absolute atomic E-state index is 5.62. The van der Waals surface area contributed by atoms with Crippen molar-refractivity contribution in [2.75, 3.05) is 0 Å². The number of hydrogen-bond acceptors (Lipinski definition) is 1.